The number of nitrogens with one attached hydrogen (secondary N) is 2. The van der Waals surface area contributed by atoms with E-state index in [1.165, 1.54) is 20.6 Å². The number of aromatic nitrogens is 5. The third-order valence-corrected chi connectivity index (χ3v) is 6.73. The second-order valence-electron chi connectivity index (χ2n) is 8.87. The van der Waals surface area contributed by atoms with Gasteiger partial charge in [-0.3, -0.25) is 18.8 Å². The van der Waals surface area contributed by atoms with Crippen molar-refractivity contribution < 1.29 is 4.79 Å². The van der Waals surface area contributed by atoms with Gasteiger partial charge in [0.2, 0.25) is 0 Å². The average Bonchev–Trinajstić information content (AvgIpc) is 3.57. The SMILES string of the molecule is C=CCNc1c(C(=O)NC(C)c2nc3cccc(C#Cc4cscn4)c3c(=O)n2-c2ccccc2)c(N)nn1C. The Morgan fingerprint density at radius 3 is 2.73 bits per heavy atom. The molecular formula is C29H26N8O2S. The van der Waals surface area contributed by atoms with Crippen LogP contribution in [-0.2, 0) is 7.05 Å². The normalized spacial score (nSPS) is 11.4. The van der Waals surface area contributed by atoms with E-state index >= 15 is 0 Å². The molecule has 4 N–H and O–H groups in total. The van der Waals surface area contributed by atoms with Crippen molar-refractivity contribution in [3.05, 3.63) is 105 Å². The smallest absolute Gasteiger partial charge is 0.267 e. The standard InChI is InChI=1S/C29H26N8O2S/c1-4-15-31-27-24(25(30)35-36(27)3)28(38)33-18(2)26-34-22-12-8-9-19(13-14-20-16-40-17-32-20)23(22)29(39)37(26)21-10-6-5-7-11-21/h4-12,16-18,31H,1,15H2,2-3H3,(H2,30,35)(H,33,38). The quantitative estimate of drug-likeness (QED) is 0.208. The summed E-state index contributed by atoms with van der Waals surface area (Å²) in [4.78, 5) is 36.6. The van der Waals surface area contributed by atoms with Crippen LogP contribution in [0.25, 0.3) is 16.6 Å². The molecule has 0 fully saturated rings. The van der Waals surface area contributed by atoms with Crippen molar-refractivity contribution >= 4 is 39.8 Å². The summed E-state index contributed by atoms with van der Waals surface area (Å²) < 4.78 is 3.01. The van der Waals surface area contributed by atoms with Crippen molar-refractivity contribution in [2.75, 3.05) is 17.6 Å². The predicted molar refractivity (Wildman–Crippen MR) is 158 cm³/mol. The number of carbonyl (C=O) groups excluding carboxylic acids is 1. The van der Waals surface area contributed by atoms with Gasteiger partial charge in [-0.1, -0.05) is 36.3 Å². The molecular weight excluding hydrogens is 524 g/mol. The number of para-hydroxylation sites is 1. The monoisotopic (exact) mass is 550 g/mol. The van der Waals surface area contributed by atoms with Gasteiger partial charge in [0.05, 0.1) is 28.1 Å². The van der Waals surface area contributed by atoms with E-state index in [2.05, 4.69) is 39.1 Å². The molecule has 0 aliphatic heterocycles. The zero-order chi connectivity index (χ0) is 28.2. The molecule has 3 aromatic heterocycles. The third-order valence-electron chi connectivity index (χ3n) is 6.15. The lowest BCUT2D eigenvalue weighted by Crippen LogP contribution is -2.34. The largest absolute Gasteiger partial charge is 0.381 e. The van der Waals surface area contributed by atoms with Crippen LogP contribution in [0.1, 0.15) is 40.4 Å². The molecule has 0 aliphatic rings. The van der Waals surface area contributed by atoms with Gasteiger partial charge in [0.1, 0.15) is 22.9 Å². The molecule has 1 unspecified atom stereocenters. The summed E-state index contributed by atoms with van der Waals surface area (Å²) in [6.45, 7) is 5.88. The van der Waals surface area contributed by atoms with Crippen molar-refractivity contribution in [2.24, 2.45) is 7.05 Å². The van der Waals surface area contributed by atoms with Crippen LogP contribution in [0.5, 0.6) is 0 Å². The van der Waals surface area contributed by atoms with Gasteiger partial charge in [0.25, 0.3) is 11.5 Å². The summed E-state index contributed by atoms with van der Waals surface area (Å²) in [7, 11) is 1.69. The Morgan fingerprint density at radius 2 is 2.00 bits per heavy atom. The van der Waals surface area contributed by atoms with Crippen molar-refractivity contribution in [1.29, 1.82) is 0 Å². The van der Waals surface area contributed by atoms with Crippen LogP contribution in [0.3, 0.4) is 0 Å². The van der Waals surface area contributed by atoms with Gasteiger partial charge in [-0.15, -0.1) is 17.9 Å². The molecule has 1 atom stereocenters. The van der Waals surface area contributed by atoms with Gasteiger partial charge in [0, 0.05) is 24.5 Å². The highest BCUT2D eigenvalue weighted by Gasteiger charge is 2.25. The zero-order valence-electron chi connectivity index (χ0n) is 21.9. The van der Waals surface area contributed by atoms with E-state index in [0.717, 1.165) is 0 Å². The third kappa shape index (κ3) is 5.08. The van der Waals surface area contributed by atoms with E-state index < -0.39 is 11.9 Å². The number of carbonyl (C=O) groups is 1. The molecule has 40 heavy (non-hydrogen) atoms. The maximum atomic E-state index is 14.1. The molecule has 0 saturated carbocycles. The molecule has 0 radical (unpaired) electrons. The van der Waals surface area contributed by atoms with Gasteiger partial charge in [-0.2, -0.15) is 5.10 Å². The number of nitrogens with zero attached hydrogens (tertiary/aromatic N) is 5. The fourth-order valence-electron chi connectivity index (χ4n) is 4.35. The zero-order valence-corrected chi connectivity index (χ0v) is 22.7. The molecule has 3 heterocycles. The molecule has 1 amide bonds. The van der Waals surface area contributed by atoms with Gasteiger partial charge in [-0.25, -0.2) is 9.97 Å². The second kappa shape index (κ2) is 11.3. The summed E-state index contributed by atoms with van der Waals surface area (Å²) in [5.74, 6) is 6.52. The van der Waals surface area contributed by atoms with Crippen LogP contribution < -0.4 is 21.9 Å². The van der Waals surface area contributed by atoms with Gasteiger partial charge in [0.15, 0.2) is 5.82 Å². The number of nitrogens with two attached hydrogens (primary N) is 1. The molecule has 5 aromatic rings. The molecule has 0 bridgehead atoms. The van der Waals surface area contributed by atoms with Gasteiger partial charge < -0.3 is 16.4 Å². The molecule has 2 aromatic carbocycles. The van der Waals surface area contributed by atoms with Crippen LogP contribution in [0.15, 0.2) is 76.9 Å². The van der Waals surface area contributed by atoms with Crippen LogP contribution in [0, 0.1) is 11.8 Å². The number of anilines is 2. The molecule has 200 valence electrons. The number of thiazole rings is 1. The number of benzene rings is 2. The highest BCUT2D eigenvalue weighted by atomic mass is 32.1. The Labute approximate surface area is 234 Å². The predicted octanol–water partition coefficient (Wildman–Crippen LogP) is 3.65. The number of rotatable bonds is 7. The minimum absolute atomic E-state index is 0.0778. The number of nitrogen functional groups attached to an aromatic ring is 1. The first-order chi connectivity index (χ1) is 19.4. The first-order valence-electron chi connectivity index (χ1n) is 12.4. The van der Waals surface area contributed by atoms with Crippen molar-refractivity contribution in [1.82, 2.24) is 29.6 Å². The number of hydrogen-bond donors (Lipinski definition) is 3. The molecule has 5 rings (SSSR count). The van der Waals surface area contributed by atoms with Crippen LogP contribution >= 0.6 is 11.3 Å². The molecule has 10 nitrogen and oxygen atoms in total. The fourth-order valence-corrected chi connectivity index (χ4v) is 4.83. The van der Waals surface area contributed by atoms with E-state index in [1.807, 2.05) is 35.7 Å². The molecule has 11 heteroatoms. The van der Waals surface area contributed by atoms with Crippen LogP contribution in [0.4, 0.5) is 11.6 Å². The van der Waals surface area contributed by atoms with E-state index in [9.17, 15) is 9.59 Å². The lowest BCUT2D eigenvalue weighted by atomic mass is 10.1. The van der Waals surface area contributed by atoms with Crippen LogP contribution in [-0.4, -0.2) is 36.8 Å². The lowest BCUT2D eigenvalue weighted by Gasteiger charge is -2.20. The first-order valence-corrected chi connectivity index (χ1v) is 13.3. The minimum Gasteiger partial charge on any atom is -0.381 e. The lowest BCUT2D eigenvalue weighted by molar-refractivity contribution is 0.0939. The van der Waals surface area contributed by atoms with Gasteiger partial charge in [-0.05, 0) is 37.1 Å². The summed E-state index contributed by atoms with van der Waals surface area (Å²) in [6, 6.07) is 13.8. The van der Waals surface area contributed by atoms with E-state index in [-0.39, 0.29) is 16.9 Å². The second-order valence-corrected chi connectivity index (χ2v) is 9.59. The van der Waals surface area contributed by atoms with E-state index in [1.54, 1.807) is 43.8 Å². The maximum Gasteiger partial charge on any atom is 0.267 e. The number of amides is 1. The van der Waals surface area contributed by atoms with Crippen molar-refractivity contribution in [3.8, 4) is 17.5 Å². The first kappa shape index (κ1) is 26.4. The number of hydrogen-bond acceptors (Lipinski definition) is 8. The Kier molecular flexibility index (Phi) is 7.43. The average molecular weight is 551 g/mol. The van der Waals surface area contributed by atoms with Gasteiger partial charge >= 0.3 is 0 Å². The maximum absolute atomic E-state index is 14.1. The Morgan fingerprint density at radius 1 is 1.20 bits per heavy atom. The topological polar surface area (TPSA) is 133 Å². The fraction of sp³-hybridized carbons (Fsp3) is 0.138. The summed E-state index contributed by atoms with van der Waals surface area (Å²) in [5.41, 5.74) is 9.92. The molecule has 0 saturated heterocycles. The number of fused-ring (bicyclic) bond motifs is 1. The minimum atomic E-state index is -0.679. The summed E-state index contributed by atoms with van der Waals surface area (Å²) >= 11 is 1.45. The van der Waals surface area contributed by atoms with E-state index in [4.69, 9.17) is 10.7 Å². The Balaban J connectivity index is 1.62. The van der Waals surface area contributed by atoms with E-state index in [0.29, 0.717) is 46.0 Å². The number of aryl methyl sites for hydroxylation is 1. The van der Waals surface area contributed by atoms with Crippen molar-refractivity contribution in [2.45, 2.75) is 13.0 Å². The Bertz CT molecular complexity index is 1830. The summed E-state index contributed by atoms with van der Waals surface area (Å²) in [5, 5.41) is 12.4. The van der Waals surface area contributed by atoms with Crippen molar-refractivity contribution in [3.63, 3.8) is 0 Å². The highest BCUT2D eigenvalue weighted by Crippen LogP contribution is 2.24. The summed E-state index contributed by atoms with van der Waals surface area (Å²) in [6.07, 6.45) is 1.67. The highest BCUT2D eigenvalue weighted by molar-refractivity contribution is 7.07. The van der Waals surface area contributed by atoms with Crippen LogP contribution in [0.2, 0.25) is 0 Å². The molecule has 0 spiro atoms. The molecule has 0 aliphatic carbocycles. The Hall–Kier alpha value is -5.21.